The normalized spacial score (nSPS) is 13.4. The van der Waals surface area contributed by atoms with Crippen molar-refractivity contribution in [3.8, 4) is 5.75 Å². The number of aromatic nitrogens is 4. The van der Waals surface area contributed by atoms with Gasteiger partial charge in [0.15, 0.2) is 11.2 Å². The summed E-state index contributed by atoms with van der Waals surface area (Å²) in [7, 11) is 1.68. The zero-order valence-corrected chi connectivity index (χ0v) is 20.0. The van der Waals surface area contributed by atoms with Gasteiger partial charge in [0, 0.05) is 25.8 Å². The Morgan fingerprint density at radius 1 is 1.03 bits per heavy atom. The second kappa shape index (κ2) is 8.52. The van der Waals surface area contributed by atoms with Crippen LogP contribution >= 0.6 is 0 Å². The van der Waals surface area contributed by atoms with Crippen LogP contribution in [0.3, 0.4) is 0 Å². The van der Waals surface area contributed by atoms with Crippen LogP contribution in [-0.2, 0) is 20.1 Å². The maximum absolute atomic E-state index is 13.6. The molecule has 1 aliphatic heterocycles. The number of anilines is 2. The van der Waals surface area contributed by atoms with E-state index in [9.17, 15) is 9.59 Å². The average molecular weight is 460 g/mol. The Bertz CT molecular complexity index is 1490. The molecule has 0 N–H and O–H groups in total. The minimum Gasteiger partial charge on any atom is -0.494 e. The first-order valence-corrected chi connectivity index (χ1v) is 11.7. The topological polar surface area (TPSA) is 74.3 Å². The van der Waals surface area contributed by atoms with E-state index in [0.29, 0.717) is 30.3 Å². The Kier molecular flexibility index (Phi) is 5.51. The summed E-state index contributed by atoms with van der Waals surface area (Å²) >= 11 is 0. The second-order valence-corrected chi connectivity index (χ2v) is 8.83. The van der Waals surface area contributed by atoms with Gasteiger partial charge >= 0.3 is 5.69 Å². The Labute approximate surface area is 197 Å². The van der Waals surface area contributed by atoms with Gasteiger partial charge in [0.2, 0.25) is 5.95 Å². The van der Waals surface area contributed by atoms with Crippen molar-refractivity contribution >= 4 is 22.8 Å². The van der Waals surface area contributed by atoms with Crippen molar-refractivity contribution in [1.29, 1.82) is 0 Å². The first-order valence-electron chi connectivity index (χ1n) is 11.7. The number of ether oxygens (including phenoxy) is 1. The molecule has 5 rings (SSSR count). The fourth-order valence-electron chi connectivity index (χ4n) is 4.68. The Morgan fingerprint density at radius 3 is 2.53 bits per heavy atom. The highest BCUT2D eigenvalue weighted by molar-refractivity contribution is 5.77. The van der Waals surface area contributed by atoms with Crippen molar-refractivity contribution in [2.45, 2.75) is 40.3 Å². The van der Waals surface area contributed by atoms with Gasteiger partial charge in [-0.3, -0.25) is 13.9 Å². The lowest BCUT2D eigenvalue weighted by Gasteiger charge is -2.29. The first kappa shape index (κ1) is 22.0. The van der Waals surface area contributed by atoms with Gasteiger partial charge in [-0.2, -0.15) is 4.98 Å². The van der Waals surface area contributed by atoms with Crippen molar-refractivity contribution in [3.63, 3.8) is 0 Å². The first-order chi connectivity index (χ1) is 16.4. The smallest absolute Gasteiger partial charge is 0.332 e. The SMILES string of the molecule is CCOc1ccc(N2CCCn3c2nc2c3c(=O)n(Cc3cc(C)ccc3C)c(=O)n2C)cc1. The largest absolute Gasteiger partial charge is 0.494 e. The number of hydrogen-bond donors (Lipinski definition) is 0. The van der Waals surface area contributed by atoms with E-state index in [-0.39, 0.29) is 17.8 Å². The summed E-state index contributed by atoms with van der Waals surface area (Å²) in [4.78, 5) is 33.7. The molecule has 0 radical (unpaired) electrons. The molecule has 8 nitrogen and oxygen atoms in total. The van der Waals surface area contributed by atoms with Gasteiger partial charge in [-0.05, 0) is 62.6 Å². The second-order valence-electron chi connectivity index (χ2n) is 8.83. The molecule has 176 valence electrons. The molecule has 4 aromatic rings. The molecule has 0 atom stereocenters. The van der Waals surface area contributed by atoms with E-state index in [2.05, 4.69) is 4.90 Å². The molecule has 0 fully saturated rings. The minimum atomic E-state index is -0.360. The van der Waals surface area contributed by atoms with Crippen molar-refractivity contribution in [1.82, 2.24) is 18.7 Å². The van der Waals surface area contributed by atoms with E-state index in [1.54, 1.807) is 7.05 Å². The molecule has 0 aliphatic carbocycles. The highest BCUT2D eigenvalue weighted by Gasteiger charge is 2.27. The van der Waals surface area contributed by atoms with Gasteiger partial charge in [0.05, 0.1) is 13.2 Å². The molecule has 34 heavy (non-hydrogen) atoms. The molecule has 3 heterocycles. The van der Waals surface area contributed by atoms with Crippen LogP contribution in [0, 0.1) is 13.8 Å². The number of aryl methyl sites for hydroxylation is 4. The average Bonchev–Trinajstić information content (AvgIpc) is 3.23. The minimum absolute atomic E-state index is 0.234. The monoisotopic (exact) mass is 459 g/mol. The van der Waals surface area contributed by atoms with Gasteiger partial charge in [-0.15, -0.1) is 0 Å². The number of nitrogens with zero attached hydrogens (tertiary/aromatic N) is 5. The lowest BCUT2D eigenvalue weighted by molar-refractivity contribution is 0.340. The summed E-state index contributed by atoms with van der Waals surface area (Å²) in [5.74, 6) is 1.50. The van der Waals surface area contributed by atoms with E-state index < -0.39 is 0 Å². The maximum Gasteiger partial charge on any atom is 0.332 e. The molecule has 0 saturated carbocycles. The maximum atomic E-state index is 13.6. The zero-order valence-electron chi connectivity index (χ0n) is 20.0. The number of hydrogen-bond acceptors (Lipinski definition) is 5. The highest BCUT2D eigenvalue weighted by Crippen LogP contribution is 2.32. The molecule has 0 bridgehead atoms. The molecule has 0 spiro atoms. The van der Waals surface area contributed by atoms with Gasteiger partial charge in [-0.25, -0.2) is 4.79 Å². The lowest BCUT2D eigenvalue weighted by atomic mass is 10.1. The van der Waals surface area contributed by atoms with Gasteiger partial charge in [0.25, 0.3) is 5.56 Å². The Balaban J connectivity index is 1.64. The van der Waals surface area contributed by atoms with E-state index >= 15 is 0 Å². The third-order valence-corrected chi connectivity index (χ3v) is 6.51. The number of fused-ring (bicyclic) bond motifs is 3. The molecule has 0 saturated heterocycles. The van der Waals surface area contributed by atoms with Crippen LogP contribution in [0.5, 0.6) is 5.75 Å². The fourth-order valence-corrected chi connectivity index (χ4v) is 4.68. The number of rotatable bonds is 5. The third kappa shape index (κ3) is 3.59. The predicted octanol–water partition coefficient (Wildman–Crippen LogP) is 3.50. The molecular weight excluding hydrogens is 430 g/mol. The standard InChI is InChI=1S/C26H29N5O3/c1-5-34-21-11-9-20(10-12-21)29-13-6-14-30-22-23(27-25(29)30)28(4)26(33)31(24(22)32)16-19-15-17(2)7-8-18(19)3/h7-12,15H,5-6,13-14,16H2,1-4H3. The van der Waals surface area contributed by atoms with Crippen molar-refractivity contribution in [2.24, 2.45) is 7.05 Å². The van der Waals surface area contributed by atoms with Crippen LogP contribution in [-0.4, -0.2) is 31.8 Å². The van der Waals surface area contributed by atoms with Crippen LogP contribution < -0.4 is 20.9 Å². The quantitative estimate of drug-likeness (QED) is 0.457. The summed E-state index contributed by atoms with van der Waals surface area (Å²) in [6.07, 6.45) is 0.866. The van der Waals surface area contributed by atoms with E-state index in [1.165, 1.54) is 9.13 Å². The highest BCUT2D eigenvalue weighted by atomic mass is 16.5. The predicted molar refractivity (Wildman–Crippen MR) is 133 cm³/mol. The molecule has 1 aliphatic rings. The molecular formula is C26H29N5O3. The van der Waals surface area contributed by atoms with Crippen molar-refractivity contribution in [2.75, 3.05) is 18.1 Å². The molecule has 8 heteroatoms. The van der Waals surface area contributed by atoms with E-state index in [0.717, 1.165) is 41.1 Å². The van der Waals surface area contributed by atoms with Crippen LogP contribution in [0.15, 0.2) is 52.1 Å². The molecule has 2 aromatic heterocycles. The lowest BCUT2D eigenvalue weighted by Crippen LogP contribution is -2.40. The number of benzene rings is 2. The van der Waals surface area contributed by atoms with Crippen LogP contribution in [0.4, 0.5) is 11.6 Å². The fraction of sp³-hybridized carbons (Fsp3) is 0.346. The Morgan fingerprint density at radius 2 is 1.79 bits per heavy atom. The number of imidazole rings is 1. The molecule has 2 aromatic carbocycles. The van der Waals surface area contributed by atoms with E-state index in [1.807, 2.05) is 67.8 Å². The van der Waals surface area contributed by atoms with Crippen LogP contribution in [0.2, 0.25) is 0 Å². The zero-order chi connectivity index (χ0) is 24.0. The summed E-state index contributed by atoms with van der Waals surface area (Å²) in [6.45, 7) is 8.27. The van der Waals surface area contributed by atoms with Gasteiger partial charge < -0.3 is 14.2 Å². The van der Waals surface area contributed by atoms with Crippen molar-refractivity contribution < 1.29 is 4.74 Å². The summed E-state index contributed by atoms with van der Waals surface area (Å²) in [5.41, 5.74) is 4.31. The molecule has 0 amide bonds. The summed E-state index contributed by atoms with van der Waals surface area (Å²) in [5, 5.41) is 0. The summed E-state index contributed by atoms with van der Waals surface area (Å²) < 4.78 is 10.3. The van der Waals surface area contributed by atoms with Gasteiger partial charge in [0.1, 0.15) is 5.75 Å². The third-order valence-electron chi connectivity index (χ3n) is 6.51. The summed E-state index contributed by atoms with van der Waals surface area (Å²) in [6, 6.07) is 14.0. The van der Waals surface area contributed by atoms with Gasteiger partial charge in [-0.1, -0.05) is 23.8 Å². The van der Waals surface area contributed by atoms with Crippen molar-refractivity contribution in [3.05, 3.63) is 80.0 Å². The van der Waals surface area contributed by atoms with Crippen LogP contribution in [0.1, 0.15) is 30.0 Å². The van der Waals surface area contributed by atoms with E-state index in [4.69, 9.17) is 9.72 Å². The molecule has 0 unspecified atom stereocenters. The Hall–Kier alpha value is -3.81. The van der Waals surface area contributed by atoms with Crippen LogP contribution in [0.25, 0.3) is 11.2 Å².